The summed E-state index contributed by atoms with van der Waals surface area (Å²) in [6.07, 6.45) is 1.59. The minimum atomic E-state index is -0.445. The molecule has 10 heteroatoms. The Bertz CT molecular complexity index is 1410. The molecule has 3 aromatic carbocycles. The summed E-state index contributed by atoms with van der Waals surface area (Å²) in [5.74, 6) is 2.37. The van der Waals surface area contributed by atoms with Crippen molar-refractivity contribution in [2.24, 2.45) is 4.99 Å². The summed E-state index contributed by atoms with van der Waals surface area (Å²) in [6.45, 7) is 0. The van der Waals surface area contributed by atoms with Crippen LogP contribution in [0.1, 0.15) is 5.56 Å². The summed E-state index contributed by atoms with van der Waals surface area (Å²) >= 11 is 0. The van der Waals surface area contributed by atoms with Crippen molar-refractivity contribution in [3.63, 3.8) is 0 Å². The summed E-state index contributed by atoms with van der Waals surface area (Å²) in [5, 5.41) is 11.1. The maximum Gasteiger partial charge on any atom is 0.269 e. The van der Waals surface area contributed by atoms with Crippen LogP contribution in [0, 0.1) is 10.1 Å². The van der Waals surface area contributed by atoms with Gasteiger partial charge >= 0.3 is 0 Å². The van der Waals surface area contributed by atoms with E-state index in [4.69, 9.17) is 18.9 Å². The van der Waals surface area contributed by atoms with Gasteiger partial charge in [0.15, 0.2) is 11.5 Å². The third-order valence-corrected chi connectivity index (χ3v) is 5.49. The second-order valence-electron chi connectivity index (χ2n) is 7.69. The van der Waals surface area contributed by atoms with Crippen LogP contribution in [-0.4, -0.2) is 49.5 Å². The van der Waals surface area contributed by atoms with Crippen molar-refractivity contribution < 1.29 is 23.9 Å². The fraction of sp³-hybridized carbons (Fsp3) is 0.148. The van der Waals surface area contributed by atoms with Gasteiger partial charge < -0.3 is 18.9 Å². The highest BCUT2D eigenvalue weighted by Crippen LogP contribution is 2.38. The average Bonchev–Trinajstić information content (AvgIpc) is 2.95. The molecule has 0 unspecified atom stereocenters. The van der Waals surface area contributed by atoms with E-state index in [1.54, 1.807) is 43.7 Å². The molecule has 0 radical (unpaired) electrons. The average molecular weight is 501 g/mol. The van der Waals surface area contributed by atoms with Crippen LogP contribution in [0.4, 0.5) is 11.6 Å². The number of aromatic nitrogens is 2. The van der Waals surface area contributed by atoms with Crippen LogP contribution in [0.15, 0.2) is 71.7 Å². The standard InChI is InChI=1S/C27H24N4O6/c1-34-21-11-7-19(8-12-21)23-15-22(18-5-9-20(10-6-18)31(32)33)29-27(30-23)28-16-17-13-24(35-2)26(37-4)25(14-17)36-3/h5-16H,1-4H3/b28-16+. The minimum Gasteiger partial charge on any atom is -0.497 e. The Hall–Kier alpha value is -4.99. The molecule has 1 aromatic heterocycles. The van der Waals surface area contributed by atoms with Crippen molar-refractivity contribution in [3.8, 4) is 45.5 Å². The highest BCUT2D eigenvalue weighted by Gasteiger charge is 2.14. The molecule has 10 nitrogen and oxygen atoms in total. The molecule has 0 aliphatic carbocycles. The van der Waals surface area contributed by atoms with Crippen LogP contribution in [-0.2, 0) is 0 Å². The number of nitrogens with zero attached hydrogens (tertiary/aromatic N) is 4. The van der Waals surface area contributed by atoms with E-state index in [-0.39, 0.29) is 11.6 Å². The smallest absolute Gasteiger partial charge is 0.269 e. The summed E-state index contributed by atoms with van der Waals surface area (Å²) in [4.78, 5) is 24.3. The van der Waals surface area contributed by atoms with E-state index in [0.717, 1.165) is 5.56 Å². The number of nitro groups is 1. The first-order valence-corrected chi connectivity index (χ1v) is 11.1. The van der Waals surface area contributed by atoms with Gasteiger partial charge in [-0.2, -0.15) is 0 Å². The quantitative estimate of drug-likeness (QED) is 0.168. The molecular weight excluding hydrogens is 476 g/mol. The van der Waals surface area contributed by atoms with Crippen molar-refractivity contribution in [1.29, 1.82) is 0 Å². The van der Waals surface area contributed by atoms with E-state index in [2.05, 4.69) is 15.0 Å². The number of aliphatic imine (C=N–C) groups is 1. The van der Waals surface area contributed by atoms with E-state index >= 15 is 0 Å². The topological polar surface area (TPSA) is 118 Å². The first-order valence-electron chi connectivity index (χ1n) is 11.1. The maximum atomic E-state index is 11.1. The van der Waals surface area contributed by atoms with Gasteiger partial charge in [0.05, 0.1) is 44.8 Å². The third-order valence-electron chi connectivity index (χ3n) is 5.49. The van der Waals surface area contributed by atoms with Crippen molar-refractivity contribution in [2.75, 3.05) is 28.4 Å². The van der Waals surface area contributed by atoms with Gasteiger partial charge in [-0.3, -0.25) is 10.1 Å². The van der Waals surface area contributed by atoms with Crippen LogP contribution in [0.25, 0.3) is 22.5 Å². The van der Waals surface area contributed by atoms with Crippen LogP contribution in [0.3, 0.4) is 0 Å². The lowest BCUT2D eigenvalue weighted by Crippen LogP contribution is -1.97. The molecule has 0 atom stereocenters. The lowest BCUT2D eigenvalue weighted by molar-refractivity contribution is -0.384. The van der Waals surface area contributed by atoms with Gasteiger partial charge in [0.25, 0.3) is 5.69 Å². The van der Waals surface area contributed by atoms with E-state index < -0.39 is 4.92 Å². The number of benzene rings is 3. The Labute approximate surface area is 213 Å². The zero-order chi connectivity index (χ0) is 26.4. The fourth-order valence-electron chi connectivity index (χ4n) is 3.61. The summed E-state index contributed by atoms with van der Waals surface area (Å²) in [7, 11) is 6.21. The summed E-state index contributed by atoms with van der Waals surface area (Å²) in [6, 6.07) is 18.9. The normalized spacial score (nSPS) is 10.8. The minimum absolute atomic E-state index is 0.00571. The van der Waals surface area contributed by atoms with Crippen molar-refractivity contribution in [1.82, 2.24) is 9.97 Å². The Morgan fingerprint density at radius 2 is 1.30 bits per heavy atom. The first kappa shape index (κ1) is 25.1. The number of methoxy groups -OCH3 is 4. The Morgan fingerprint density at radius 3 is 1.76 bits per heavy atom. The highest BCUT2D eigenvalue weighted by molar-refractivity contribution is 5.84. The van der Waals surface area contributed by atoms with Gasteiger partial charge in [-0.25, -0.2) is 15.0 Å². The van der Waals surface area contributed by atoms with Crippen molar-refractivity contribution in [2.45, 2.75) is 0 Å². The summed E-state index contributed by atoms with van der Waals surface area (Å²) < 4.78 is 21.5. The number of ether oxygens (including phenoxy) is 4. The second-order valence-corrected chi connectivity index (χ2v) is 7.69. The Morgan fingerprint density at radius 1 is 0.757 bits per heavy atom. The van der Waals surface area contributed by atoms with Crippen molar-refractivity contribution >= 4 is 17.9 Å². The zero-order valence-corrected chi connectivity index (χ0v) is 20.7. The monoisotopic (exact) mass is 500 g/mol. The van der Waals surface area contributed by atoms with Gasteiger partial charge in [-0.1, -0.05) is 0 Å². The molecule has 188 valence electrons. The van der Waals surface area contributed by atoms with Crippen LogP contribution < -0.4 is 18.9 Å². The number of rotatable bonds is 9. The zero-order valence-electron chi connectivity index (χ0n) is 20.7. The number of nitro benzene ring substituents is 1. The van der Waals surface area contributed by atoms with Gasteiger partial charge in [0, 0.05) is 35.0 Å². The van der Waals surface area contributed by atoms with Crippen molar-refractivity contribution in [3.05, 3.63) is 82.4 Å². The van der Waals surface area contributed by atoms with Crippen LogP contribution in [0.2, 0.25) is 0 Å². The largest absolute Gasteiger partial charge is 0.497 e. The van der Waals surface area contributed by atoms with E-state index in [9.17, 15) is 10.1 Å². The predicted octanol–water partition coefficient (Wildman–Crippen LogP) is 5.50. The maximum absolute atomic E-state index is 11.1. The molecule has 0 bridgehead atoms. The number of hydrogen-bond donors (Lipinski definition) is 0. The molecule has 1 heterocycles. The Kier molecular flexibility index (Phi) is 7.58. The molecule has 37 heavy (non-hydrogen) atoms. The predicted molar refractivity (Wildman–Crippen MR) is 139 cm³/mol. The van der Waals surface area contributed by atoms with E-state index in [1.165, 1.54) is 33.5 Å². The first-order chi connectivity index (χ1) is 17.9. The molecular formula is C27H24N4O6. The van der Waals surface area contributed by atoms with Gasteiger partial charge in [0.1, 0.15) is 5.75 Å². The molecule has 0 spiro atoms. The van der Waals surface area contributed by atoms with Gasteiger partial charge in [-0.05, 0) is 54.6 Å². The lowest BCUT2D eigenvalue weighted by atomic mass is 10.1. The highest BCUT2D eigenvalue weighted by atomic mass is 16.6. The molecule has 0 aliphatic heterocycles. The molecule has 0 saturated carbocycles. The molecule has 4 aromatic rings. The van der Waals surface area contributed by atoms with E-state index in [1.807, 2.05) is 24.3 Å². The van der Waals surface area contributed by atoms with Crippen LogP contribution in [0.5, 0.6) is 23.0 Å². The van der Waals surface area contributed by atoms with Gasteiger partial charge in [-0.15, -0.1) is 0 Å². The SMILES string of the molecule is COc1ccc(-c2cc(-c3ccc([N+](=O)[O-])cc3)nc(/N=C/c3cc(OC)c(OC)c(OC)c3)n2)cc1. The third kappa shape index (κ3) is 5.64. The summed E-state index contributed by atoms with van der Waals surface area (Å²) in [5.41, 5.74) is 3.39. The molecule has 0 amide bonds. The molecule has 4 rings (SSSR count). The van der Waals surface area contributed by atoms with Gasteiger partial charge in [0.2, 0.25) is 11.7 Å². The molecule has 0 fully saturated rings. The fourth-order valence-corrected chi connectivity index (χ4v) is 3.61. The Balaban J connectivity index is 1.78. The molecule has 0 saturated heterocycles. The van der Waals surface area contributed by atoms with E-state index in [0.29, 0.717) is 45.5 Å². The lowest BCUT2D eigenvalue weighted by Gasteiger charge is -2.12. The number of non-ortho nitro benzene ring substituents is 1. The molecule has 0 N–H and O–H groups in total. The number of hydrogen-bond acceptors (Lipinski definition) is 9. The second kappa shape index (κ2) is 11.2. The molecule has 0 aliphatic rings. The van der Waals surface area contributed by atoms with Crippen LogP contribution >= 0.6 is 0 Å².